The topological polar surface area (TPSA) is 93.1 Å². The Morgan fingerprint density at radius 3 is 2.09 bits per heavy atom. The Kier molecular flexibility index (Phi) is 4.30. The van der Waals surface area contributed by atoms with Crippen LogP contribution < -0.4 is 0 Å². The van der Waals surface area contributed by atoms with E-state index in [-0.39, 0.29) is 17.7 Å². The maximum atomic E-state index is 12.1. The number of carboxylic acids is 1. The number of hydroxylamine groups is 2. The highest BCUT2D eigenvalue weighted by Gasteiger charge is 2.39. The van der Waals surface area contributed by atoms with Crippen molar-refractivity contribution in [3.63, 3.8) is 0 Å². The third kappa shape index (κ3) is 3.32. The summed E-state index contributed by atoms with van der Waals surface area (Å²) in [5.74, 6) is -2.67. The number of nitrogens with zero attached hydrogens (tertiary/aromatic N) is 1. The molecule has 7 nitrogen and oxygen atoms in total. The smallest absolute Gasteiger partial charge is 0.338 e. The second-order valence-electron chi connectivity index (χ2n) is 5.81. The quantitative estimate of drug-likeness (QED) is 0.828. The molecule has 1 aromatic rings. The molecule has 1 aromatic carbocycles. The van der Waals surface area contributed by atoms with Crippen LogP contribution in [0.1, 0.15) is 41.5 Å². The minimum absolute atomic E-state index is 0.188. The predicted octanol–water partition coefficient (Wildman–Crippen LogP) is 1.48. The van der Waals surface area contributed by atoms with Crippen LogP contribution in [0.25, 0.3) is 0 Å². The number of aliphatic carboxylic acids is 1. The Balaban J connectivity index is 2.13. The van der Waals surface area contributed by atoms with Gasteiger partial charge in [-0.05, 0) is 32.9 Å². The third-order valence-electron chi connectivity index (χ3n) is 2.93. The average molecular weight is 307 g/mol. The van der Waals surface area contributed by atoms with Crippen LogP contribution in [0.4, 0.5) is 0 Å². The fraction of sp³-hybridized carbons (Fsp3) is 0.400. The molecule has 0 radical (unpaired) electrons. The van der Waals surface area contributed by atoms with Gasteiger partial charge in [0.25, 0.3) is 11.8 Å². The molecule has 0 fully saturated rings. The van der Waals surface area contributed by atoms with Crippen molar-refractivity contribution in [2.45, 2.75) is 32.5 Å². The highest BCUT2D eigenvalue weighted by Crippen LogP contribution is 2.23. The number of carboxylic acid groups (broad SMARTS) is 1. The number of hydrogen-bond acceptors (Lipinski definition) is 5. The molecule has 0 saturated heterocycles. The molecule has 0 spiro atoms. The number of benzene rings is 1. The Hall–Kier alpha value is -2.25. The van der Waals surface area contributed by atoms with E-state index in [9.17, 15) is 14.4 Å². The Bertz CT molecular complexity index is 584. The number of carbonyl (C=O) groups excluding carboxylic acids is 2. The molecule has 1 aliphatic rings. The first-order valence-corrected chi connectivity index (χ1v) is 6.72. The summed E-state index contributed by atoms with van der Waals surface area (Å²) in [6.07, 6.45) is -1.46. The summed E-state index contributed by atoms with van der Waals surface area (Å²) in [7, 11) is 0. The van der Waals surface area contributed by atoms with Crippen molar-refractivity contribution in [3.8, 4) is 0 Å². The van der Waals surface area contributed by atoms with Gasteiger partial charge in [0.2, 0.25) is 6.10 Å². The number of imide groups is 1. The molecule has 1 N–H and O–H groups in total. The van der Waals surface area contributed by atoms with Crippen LogP contribution in [0.2, 0.25) is 0 Å². The molecule has 1 heterocycles. The molecule has 7 heteroatoms. The second kappa shape index (κ2) is 5.86. The third-order valence-corrected chi connectivity index (χ3v) is 2.93. The van der Waals surface area contributed by atoms with Gasteiger partial charge < -0.3 is 9.84 Å². The van der Waals surface area contributed by atoms with E-state index in [0.29, 0.717) is 5.06 Å². The first-order valence-electron chi connectivity index (χ1n) is 6.72. The van der Waals surface area contributed by atoms with Gasteiger partial charge in [-0.25, -0.2) is 9.63 Å². The van der Waals surface area contributed by atoms with Gasteiger partial charge in [0.05, 0.1) is 23.3 Å². The van der Waals surface area contributed by atoms with Crippen molar-refractivity contribution in [1.29, 1.82) is 0 Å². The first kappa shape index (κ1) is 16.1. The molecule has 0 unspecified atom stereocenters. The number of carbonyl (C=O) groups is 3. The lowest BCUT2D eigenvalue weighted by molar-refractivity contribution is -0.189. The van der Waals surface area contributed by atoms with Crippen LogP contribution in [-0.4, -0.2) is 46.3 Å². The number of ether oxygens (including phenoxy) is 1. The van der Waals surface area contributed by atoms with E-state index < -0.39 is 29.5 Å². The number of amides is 2. The molecule has 118 valence electrons. The minimum atomic E-state index is -1.46. The summed E-state index contributed by atoms with van der Waals surface area (Å²) in [4.78, 5) is 40.5. The summed E-state index contributed by atoms with van der Waals surface area (Å²) >= 11 is 0. The fourth-order valence-electron chi connectivity index (χ4n) is 1.86. The van der Waals surface area contributed by atoms with E-state index in [4.69, 9.17) is 14.7 Å². The SMILES string of the molecule is CC(C)(C)OC[C@H](ON1C(=O)c2ccccc2C1=O)C(=O)O. The average Bonchev–Trinajstić information content (AvgIpc) is 2.67. The molecule has 0 saturated carbocycles. The Morgan fingerprint density at radius 2 is 1.68 bits per heavy atom. The zero-order valence-electron chi connectivity index (χ0n) is 12.5. The van der Waals surface area contributed by atoms with Crippen molar-refractivity contribution >= 4 is 17.8 Å². The van der Waals surface area contributed by atoms with Crippen molar-refractivity contribution in [1.82, 2.24) is 5.06 Å². The number of hydrogen-bond donors (Lipinski definition) is 1. The zero-order chi connectivity index (χ0) is 16.5. The lowest BCUT2D eigenvalue weighted by atomic mass is 10.1. The van der Waals surface area contributed by atoms with Gasteiger partial charge in [-0.15, -0.1) is 5.06 Å². The monoisotopic (exact) mass is 307 g/mol. The molecule has 2 amide bonds. The van der Waals surface area contributed by atoms with Crippen LogP contribution in [0.3, 0.4) is 0 Å². The summed E-state index contributed by atoms with van der Waals surface area (Å²) in [5, 5.41) is 9.65. The molecular weight excluding hydrogens is 290 g/mol. The standard InChI is InChI=1S/C15H17NO6/c1-15(2,3)21-8-11(14(19)20)22-16-12(17)9-6-4-5-7-10(9)13(16)18/h4-7,11H,8H2,1-3H3,(H,19,20)/t11-/m0/s1. The van der Waals surface area contributed by atoms with Gasteiger partial charge in [-0.1, -0.05) is 12.1 Å². The molecule has 0 aliphatic carbocycles. The highest BCUT2D eigenvalue weighted by atomic mass is 16.7. The van der Waals surface area contributed by atoms with Crippen molar-refractivity contribution in [2.75, 3.05) is 6.61 Å². The second-order valence-corrected chi connectivity index (χ2v) is 5.81. The van der Waals surface area contributed by atoms with Crippen LogP contribution >= 0.6 is 0 Å². The van der Waals surface area contributed by atoms with Gasteiger partial charge in [0.1, 0.15) is 0 Å². The molecule has 22 heavy (non-hydrogen) atoms. The number of rotatable bonds is 5. The summed E-state index contributed by atoms with van der Waals surface area (Å²) in [6, 6.07) is 6.20. The van der Waals surface area contributed by atoms with Crippen LogP contribution in [0.5, 0.6) is 0 Å². The summed E-state index contributed by atoms with van der Waals surface area (Å²) in [6.45, 7) is 4.99. The van der Waals surface area contributed by atoms with Gasteiger partial charge in [0, 0.05) is 0 Å². The van der Waals surface area contributed by atoms with Crippen LogP contribution in [-0.2, 0) is 14.4 Å². The molecule has 1 aliphatic heterocycles. The van der Waals surface area contributed by atoms with E-state index in [1.807, 2.05) is 0 Å². The van der Waals surface area contributed by atoms with E-state index in [1.54, 1.807) is 32.9 Å². The molecule has 1 atom stereocenters. The largest absolute Gasteiger partial charge is 0.479 e. The van der Waals surface area contributed by atoms with Gasteiger partial charge in [0.15, 0.2) is 0 Å². The lowest BCUT2D eigenvalue weighted by Gasteiger charge is -2.24. The molecule has 0 aromatic heterocycles. The zero-order valence-corrected chi connectivity index (χ0v) is 12.5. The van der Waals surface area contributed by atoms with Gasteiger partial charge in [-0.3, -0.25) is 9.59 Å². The van der Waals surface area contributed by atoms with Crippen LogP contribution in [0.15, 0.2) is 24.3 Å². The van der Waals surface area contributed by atoms with Crippen LogP contribution in [0, 0.1) is 0 Å². The lowest BCUT2D eigenvalue weighted by Crippen LogP contribution is -2.41. The van der Waals surface area contributed by atoms with Gasteiger partial charge in [-0.2, -0.15) is 0 Å². The normalized spacial score (nSPS) is 15.9. The molecule has 2 rings (SSSR count). The van der Waals surface area contributed by atoms with Crippen molar-refractivity contribution in [2.24, 2.45) is 0 Å². The predicted molar refractivity (Wildman–Crippen MR) is 75.2 cm³/mol. The van der Waals surface area contributed by atoms with E-state index in [2.05, 4.69) is 0 Å². The minimum Gasteiger partial charge on any atom is -0.479 e. The van der Waals surface area contributed by atoms with E-state index in [0.717, 1.165) is 0 Å². The summed E-state index contributed by atoms with van der Waals surface area (Å²) < 4.78 is 5.36. The maximum Gasteiger partial charge on any atom is 0.338 e. The van der Waals surface area contributed by atoms with Crippen molar-refractivity contribution < 1.29 is 29.1 Å². The number of fused-ring (bicyclic) bond motifs is 1. The van der Waals surface area contributed by atoms with Crippen molar-refractivity contribution in [3.05, 3.63) is 35.4 Å². The molecule has 0 bridgehead atoms. The van der Waals surface area contributed by atoms with E-state index >= 15 is 0 Å². The Labute approximate surface area is 127 Å². The highest BCUT2D eigenvalue weighted by molar-refractivity contribution is 6.20. The first-order chi connectivity index (χ1) is 10.2. The Morgan fingerprint density at radius 1 is 1.18 bits per heavy atom. The fourth-order valence-corrected chi connectivity index (χ4v) is 1.86. The van der Waals surface area contributed by atoms with Gasteiger partial charge >= 0.3 is 5.97 Å². The van der Waals surface area contributed by atoms with E-state index in [1.165, 1.54) is 12.1 Å². The summed E-state index contributed by atoms with van der Waals surface area (Å²) in [5.41, 5.74) is -0.194. The molecular formula is C15H17NO6. The maximum absolute atomic E-state index is 12.1.